The normalized spacial score (nSPS) is 11.8. The first-order valence-corrected chi connectivity index (χ1v) is 9.35. The minimum atomic E-state index is -0.533. The second-order valence-electron chi connectivity index (χ2n) is 5.40. The highest BCUT2D eigenvalue weighted by Gasteiger charge is 2.18. The molecule has 1 atom stereocenters. The smallest absolute Gasteiger partial charge is 0.261 e. The number of rotatable bonds is 8. The van der Waals surface area contributed by atoms with E-state index in [2.05, 4.69) is 36.5 Å². The Kier molecular flexibility index (Phi) is 7.47. The van der Waals surface area contributed by atoms with Crippen molar-refractivity contribution in [3.63, 3.8) is 0 Å². The molecule has 2 rings (SSSR count). The molecule has 1 amide bonds. The molecule has 2 aromatic carbocycles. The van der Waals surface area contributed by atoms with Crippen LogP contribution in [0.5, 0.6) is 5.75 Å². The third kappa shape index (κ3) is 5.77. The van der Waals surface area contributed by atoms with Gasteiger partial charge >= 0.3 is 0 Å². The lowest BCUT2D eigenvalue weighted by Gasteiger charge is -2.18. The van der Waals surface area contributed by atoms with Crippen LogP contribution < -0.4 is 10.1 Å². The van der Waals surface area contributed by atoms with Gasteiger partial charge in [0.05, 0.1) is 5.02 Å². The summed E-state index contributed by atoms with van der Waals surface area (Å²) in [5, 5.41) is 3.44. The van der Waals surface area contributed by atoms with Crippen LogP contribution in [0.2, 0.25) is 5.02 Å². The maximum absolute atomic E-state index is 12.3. The van der Waals surface area contributed by atoms with E-state index in [0.717, 1.165) is 5.75 Å². The van der Waals surface area contributed by atoms with Crippen LogP contribution in [0.4, 0.5) is 0 Å². The van der Waals surface area contributed by atoms with Gasteiger partial charge in [-0.25, -0.2) is 0 Å². The Morgan fingerprint density at radius 2 is 1.92 bits per heavy atom. The van der Waals surface area contributed by atoms with Crippen LogP contribution in [0, 0.1) is 6.92 Å². The topological polar surface area (TPSA) is 38.3 Å². The molecule has 3 nitrogen and oxygen atoms in total. The zero-order chi connectivity index (χ0) is 17.4. The molecule has 0 aromatic heterocycles. The Labute approximate surface area is 152 Å². The van der Waals surface area contributed by atoms with E-state index in [1.54, 1.807) is 23.9 Å². The molecule has 5 heteroatoms. The standard InChI is InChI=1S/C19H22ClNO2S/c1-3-17(23-18-7-5-4-6-16(18)20)19(22)21-12-13-24-15-10-8-14(2)9-11-15/h4-11,17H,3,12-13H2,1-2H3,(H,21,22). The van der Waals surface area contributed by atoms with Crippen molar-refractivity contribution >= 4 is 29.3 Å². The first kappa shape index (κ1) is 18.7. The number of hydrogen-bond donors (Lipinski definition) is 1. The number of para-hydroxylation sites is 1. The molecular formula is C19H22ClNO2S. The quantitative estimate of drug-likeness (QED) is 0.545. The van der Waals surface area contributed by atoms with Gasteiger partial charge in [-0.15, -0.1) is 11.8 Å². The molecule has 0 aliphatic rings. The van der Waals surface area contributed by atoms with E-state index in [9.17, 15) is 4.79 Å². The fraction of sp³-hybridized carbons (Fsp3) is 0.316. The lowest BCUT2D eigenvalue weighted by atomic mass is 10.2. The lowest BCUT2D eigenvalue weighted by molar-refractivity contribution is -0.127. The van der Waals surface area contributed by atoms with Crippen LogP contribution in [0.1, 0.15) is 18.9 Å². The van der Waals surface area contributed by atoms with Crippen molar-refractivity contribution in [2.75, 3.05) is 12.3 Å². The minimum absolute atomic E-state index is 0.109. The van der Waals surface area contributed by atoms with E-state index in [1.165, 1.54) is 10.5 Å². The van der Waals surface area contributed by atoms with Crippen LogP contribution in [-0.2, 0) is 4.79 Å². The van der Waals surface area contributed by atoms with Crippen LogP contribution >= 0.6 is 23.4 Å². The van der Waals surface area contributed by atoms with Crippen LogP contribution in [0.3, 0.4) is 0 Å². The second kappa shape index (κ2) is 9.60. The summed E-state index contributed by atoms with van der Waals surface area (Å²) in [6.45, 7) is 4.58. The van der Waals surface area contributed by atoms with Crippen molar-refractivity contribution in [1.82, 2.24) is 5.32 Å². The minimum Gasteiger partial charge on any atom is -0.479 e. The number of nitrogens with one attached hydrogen (secondary N) is 1. The van der Waals surface area contributed by atoms with Gasteiger partial charge in [0.25, 0.3) is 5.91 Å². The summed E-state index contributed by atoms with van der Waals surface area (Å²) in [7, 11) is 0. The monoisotopic (exact) mass is 363 g/mol. The van der Waals surface area contributed by atoms with E-state index in [0.29, 0.717) is 23.7 Å². The van der Waals surface area contributed by atoms with E-state index in [-0.39, 0.29) is 5.91 Å². The van der Waals surface area contributed by atoms with Gasteiger partial charge in [-0.05, 0) is 37.6 Å². The summed E-state index contributed by atoms with van der Waals surface area (Å²) in [6, 6.07) is 15.6. The fourth-order valence-electron chi connectivity index (χ4n) is 2.11. The lowest BCUT2D eigenvalue weighted by Crippen LogP contribution is -2.39. The molecule has 128 valence electrons. The predicted octanol–water partition coefficient (Wildman–Crippen LogP) is 4.71. The zero-order valence-corrected chi connectivity index (χ0v) is 15.5. The molecule has 0 aliphatic carbocycles. The van der Waals surface area contributed by atoms with Crippen molar-refractivity contribution in [2.45, 2.75) is 31.3 Å². The number of halogens is 1. The van der Waals surface area contributed by atoms with Crippen LogP contribution in [0.15, 0.2) is 53.4 Å². The molecule has 0 aliphatic heterocycles. The number of thioether (sulfide) groups is 1. The Balaban J connectivity index is 1.77. The van der Waals surface area contributed by atoms with E-state index in [4.69, 9.17) is 16.3 Å². The van der Waals surface area contributed by atoms with Crippen LogP contribution in [0.25, 0.3) is 0 Å². The average Bonchev–Trinajstić information content (AvgIpc) is 2.59. The molecule has 0 saturated carbocycles. The zero-order valence-electron chi connectivity index (χ0n) is 13.9. The average molecular weight is 364 g/mol. The summed E-state index contributed by atoms with van der Waals surface area (Å²) in [5.41, 5.74) is 1.25. The van der Waals surface area contributed by atoms with Crippen molar-refractivity contribution in [3.8, 4) is 5.75 Å². The molecule has 0 heterocycles. The fourth-order valence-corrected chi connectivity index (χ4v) is 3.06. The number of carbonyl (C=O) groups is 1. The highest BCUT2D eigenvalue weighted by Crippen LogP contribution is 2.24. The Bertz CT molecular complexity index is 661. The van der Waals surface area contributed by atoms with Gasteiger partial charge < -0.3 is 10.1 Å². The third-order valence-corrected chi connectivity index (χ3v) is 4.79. The highest BCUT2D eigenvalue weighted by atomic mass is 35.5. The predicted molar refractivity (Wildman–Crippen MR) is 101 cm³/mol. The van der Waals surface area contributed by atoms with E-state index >= 15 is 0 Å². The van der Waals surface area contributed by atoms with Crippen molar-refractivity contribution in [1.29, 1.82) is 0 Å². The number of carbonyl (C=O) groups excluding carboxylic acids is 1. The molecule has 0 spiro atoms. The Hall–Kier alpha value is -1.65. The Morgan fingerprint density at radius 1 is 1.21 bits per heavy atom. The number of aryl methyl sites for hydroxylation is 1. The molecular weight excluding hydrogens is 342 g/mol. The highest BCUT2D eigenvalue weighted by molar-refractivity contribution is 7.99. The molecule has 1 N–H and O–H groups in total. The van der Waals surface area contributed by atoms with Gasteiger partial charge in [0.15, 0.2) is 6.10 Å². The van der Waals surface area contributed by atoms with Gasteiger partial charge in [-0.2, -0.15) is 0 Å². The molecule has 0 saturated heterocycles. The summed E-state index contributed by atoms with van der Waals surface area (Å²) in [5.74, 6) is 1.24. The maximum Gasteiger partial charge on any atom is 0.261 e. The van der Waals surface area contributed by atoms with Gasteiger partial charge in [0.2, 0.25) is 0 Å². The SMILES string of the molecule is CCC(Oc1ccccc1Cl)C(=O)NCCSc1ccc(C)cc1. The van der Waals surface area contributed by atoms with Crippen molar-refractivity contribution in [3.05, 3.63) is 59.1 Å². The largest absolute Gasteiger partial charge is 0.479 e. The van der Waals surface area contributed by atoms with Crippen molar-refractivity contribution in [2.24, 2.45) is 0 Å². The van der Waals surface area contributed by atoms with Gasteiger partial charge in [-0.3, -0.25) is 4.79 Å². The molecule has 0 fully saturated rings. The first-order chi connectivity index (χ1) is 11.6. The van der Waals surface area contributed by atoms with Gasteiger partial charge in [0, 0.05) is 17.2 Å². The van der Waals surface area contributed by atoms with E-state index < -0.39 is 6.10 Å². The second-order valence-corrected chi connectivity index (χ2v) is 6.97. The summed E-state index contributed by atoms with van der Waals surface area (Å²) < 4.78 is 5.73. The number of amides is 1. The molecule has 0 radical (unpaired) electrons. The summed E-state index contributed by atoms with van der Waals surface area (Å²) >= 11 is 7.80. The molecule has 0 bridgehead atoms. The summed E-state index contributed by atoms with van der Waals surface area (Å²) in [4.78, 5) is 13.5. The molecule has 2 aromatic rings. The van der Waals surface area contributed by atoms with Crippen molar-refractivity contribution < 1.29 is 9.53 Å². The molecule has 1 unspecified atom stereocenters. The number of ether oxygens (including phenoxy) is 1. The van der Waals surface area contributed by atoms with Gasteiger partial charge in [0.1, 0.15) is 5.75 Å². The summed E-state index contributed by atoms with van der Waals surface area (Å²) in [6.07, 6.45) is 0.0524. The third-order valence-electron chi connectivity index (χ3n) is 3.46. The van der Waals surface area contributed by atoms with E-state index in [1.807, 2.05) is 19.1 Å². The first-order valence-electron chi connectivity index (χ1n) is 7.98. The Morgan fingerprint density at radius 3 is 2.58 bits per heavy atom. The van der Waals surface area contributed by atoms with Crippen LogP contribution in [-0.4, -0.2) is 24.3 Å². The maximum atomic E-state index is 12.3. The van der Waals surface area contributed by atoms with Gasteiger partial charge in [-0.1, -0.05) is 48.4 Å². The number of benzene rings is 2. The molecule has 24 heavy (non-hydrogen) atoms. The number of hydrogen-bond acceptors (Lipinski definition) is 3.